The monoisotopic (exact) mass is 599 g/mol. The molecule has 0 atom stereocenters. The second kappa shape index (κ2) is 12.3. The Labute approximate surface area is 246 Å². The number of nitrogens with one attached hydrogen (secondary N) is 2. The van der Waals surface area contributed by atoms with Crippen LogP contribution >= 0.6 is 11.8 Å². The van der Waals surface area contributed by atoms with Gasteiger partial charge < -0.3 is 11.1 Å². The third-order valence-corrected chi connectivity index (χ3v) is 8.67. The Morgan fingerprint density at radius 2 is 1.69 bits per heavy atom. The molecule has 42 heavy (non-hydrogen) atoms. The predicted octanol–water partition coefficient (Wildman–Crippen LogP) is 5.72. The summed E-state index contributed by atoms with van der Waals surface area (Å²) in [6.45, 7) is 0.418. The molecule has 4 N–H and O–H groups in total. The summed E-state index contributed by atoms with van der Waals surface area (Å²) < 4.78 is 28.0. The number of sulfonamides is 1. The van der Waals surface area contributed by atoms with Crippen molar-refractivity contribution in [2.24, 2.45) is 0 Å². The molecule has 0 bridgehead atoms. The highest BCUT2D eigenvalue weighted by Crippen LogP contribution is 2.30. The van der Waals surface area contributed by atoms with E-state index in [9.17, 15) is 23.3 Å². The van der Waals surface area contributed by atoms with Crippen molar-refractivity contribution < 1.29 is 18.1 Å². The minimum absolute atomic E-state index is 0.0961. The number of nitrogens with zero attached hydrogens (tertiary/aromatic N) is 2. The second-order valence-electron chi connectivity index (χ2n) is 9.15. The Kier molecular flexibility index (Phi) is 8.36. The van der Waals surface area contributed by atoms with E-state index in [0.29, 0.717) is 23.6 Å². The zero-order valence-corrected chi connectivity index (χ0v) is 23.7. The van der Waals surface area contributed by atoms with E-state index in [4.69, 9.17) is 5.73 Å². The molecule has 0 radical (unpaired) electrons. The lowest BCUT2D eigenvalue weighted by atomic mass is 10.0. The number of amides is 1. The highest BCUT2D eigenvalue weighted by molar-refractivity contribution is 7.99. The van der Waals surface area contributed by atoms with E-state index in [1.807, 2.05) is 59.3 Å². The zero-order valence-electron chi connectivity index (χ0n) is 22.1. The molecule has 0 spiro atoms. The molecule has 12 heteroatoms. The number of carbonyl (C=O) groups excluding carboxylic acids is 1. The lowest BCUT2D eigenvalue weighted by Crippen LogP contribution is -2.30. The fourth-order valence-corrected chi connectivity index (χ4v) is 6.07. The molecule has 5 aromatic rings. The molecule has 1 amide bonds. The molecule has 1 aromatic heterocycles. The van der Waals surface area contributed by atoms with Gasteiger partial charge in [0.05, 0.1) is 15.3 Å². The van der Waals surface area contributed by atoms with E-state index in [0.717, 1.165) is 27.5 Å². The fraction of sp³-hybridized carbons (Fsp3) is 0.0667. The molecule has 4 aromatic carbocycles. The zero-order chi connectivity index (χ0) is 29.7. The van der Waals surface area contributed by atoms with Crippen LogP contribution in [0.5, 0.6) is 0 Å². The Morgan fingerprint density at radius 1 is 0.929 bits per heavy atom. The summed E-state index contributed by atoms with van der Waals surface area (Å²) in [5, 5.41) is 15.6. The van der Waals surface area contributed by atoms with Gasteiger partial charge in [-0.3, -0.25) is 14.9 Å². The van der Waals surface area contributed by atoms with Gasteiger partial charge in [-0.1, -0.05) is 48.5 Å². The van der Waals surface area contributed by atoms with Gasteiger partial charge in [0.1, 0.15) is 11.5 Å². The van der Waals surface area contributed by atoms with Gasteiger partial charge in [0.2, 0.25) is 0 Å². The molecule has 0 fully saturated rings. The number of nitrogen functional groups attached to an aromatic ring is 1. The normalized spacial score (nSPS) is 11.2. The number of nitro groups is 1. The minimum Gasteiger partial charge on any atom is -0.384 e. The quantitative estimate of drug-likeness (QED) is 0.0791. The number of carbonyl (C=O) groups is 1. The Morgan fingerprint density at radius 3 is 2.43 bits per heavy atom. The first kappa shape index (κ1) is 28.6. The molecule has 1 heterocycles. The molecular formula is C30H25N5O5S2. The average Bonchev–Trinajstić information content (AvgIpc) is 2.99. The first-order valence-corrected chi connectivity index (χ1v) is 15.2. The number of benzene rings is 4. The molecule has 0 aliphatic rings. The van der Waals surface area contributed by atoms with Crippen LogP contribution in [-0.2, 0) is 10.0 Å². The number of nitro benzene ring substituents is 1. The molecule has 5 rings (SSSR count). The van der Waals surface area contributed by atoms with Gasteiger partial charge in [-0.05, 0) is 54.1 Å². The summed E-state index contributed by atoms with van der Waals surface area (Å²) in [4.78, 5) is 29.0. The van der Waals surface area contributed by atoms with Gasteiger partial charge in [-0.15, -0.1) is 11.8 Å². The predicted molar refractivity (Wildman–Crippen MR) is 165 cm³/mol. The number of anilines is 2. The smallest absolute Gasteiger partial charge is 0.293 e. The topological polar surface area (TPSA) is 157 Å². The van der Waals surface area contributed by atoms with Crippen molar-refractivity contribution in [2.45, 2.75) is 9.79 Å². The first-order chi connectivity index (χ1) is 20.2. The molecule has 0 saturated carbocycles. The number of fused-ring (bicyclic) bond motifs is 1. The van der Waals surface area contributed by atoms with E-state index < -0.39 is 31.4 Å². The maximum atomic E-state index is 13.0. The van der Waals surface area contributed by atoms with Crippen LogP contribution < -0.4 is 15.8 Å². The van der Waals surface area contributed by atoms with Gasteiger partial charge in [0, 0.05) is 39.8 Å². The molecule has 0 saturated heterocycles. The minimum atomic E-state index is -4.40. The molecule has 0 aliphatic heterocycles. The highest BCUT2D eigenvalue weighted by atomic mass is 32.2. The summed E-state index contributed by atoms with van der Waals surface area (Å²) in [7, 11) is -4.40. The number of hydrogen-bond donors (Lipinski definition) is 3. The maximum Gasteiger partial charge on any atom is 0.293 e. The van der Waals surface area contributed by atoms with Crippen molar-refractivity contribution in [1.29, 1.82) is 0 Å². The summed E-state index contributed by atoms with van der Waals surface area (Å²) >= 11 is 1.58. The average molecular weight is 600 g/mol. The lowest BCUT2D eigenvalue weighted by molar-refractivity contribution is -0.384. The Hall–Kier alpha value is -4.94. The van der Waals surface area contributed by atoms with Gasteiger partial charge in [0.15, 0.2) is 0 Å². The van der Waals surface area contributed by atoms with E-state index in [1.54, 1.807) is 30.0 Å². The molecular weight excluding hydrogens is 574 g/mol. The third-order valence-electron chi connectivity index (χ3n) is 6.33. The van der Waals surface area contributed by atoms with Crippen LogP contribution in [0.1, 0.15) is 10.4 Å². The number of rotatable bonds is 10. The highest BCUT2D eigenvalue weighted by Gasteiger charge is 2.24. The second-order valence-corrected chi connectivity index (χ2v) is 12.0. The van der Waals surface area contributed by atoms with Gasteiger partial charge in [-0.25, -0.2) is 18.1 Å². The Balaban J connectivity index is 1.28. The van der Waals surface area contributed by atoms with Crippen molar-refractivity contribution >= 4 is 55.8 Å². The van der Waals surface area contributed by atoms with E-state index in [1.165, 1.54) is 24.3 Å². The fourth-order valence-electron chi connectivity index (χ4n) is 4.29. The molecule has 0 aliphatic carbocycles. The van der Waals surface area contributed by atoms with Gasteiger partial charge in [0.25, 0.3) is 21.6 Å². The standard InChI is InChI=1S/C30H25N5O5S2/c31-28-16-13-21-5-4-8-25(29(21)33-28)20-9-11-22(12-10-20)30(36)34-42(39,40)24-14-15-26(27(19-24)35(37)38)32-17-18-41-23-6-2-1-3-7-23/h1-16,19,32H,17-18H2,(H2,31,33)(H,34,36). The van der Waals surface area contributed by atoms with Crippen molar-refractivity contribution in [3.05, 3.63) is 119 Å². The number of pyridine rings is 1. The van der Waals surface area contributed by atoms with E-state index >= 15 is 0 Å². The molecule has 10 nitrogen and oxygen atoms in total. The van der Waals surface area contributed by atoms with Crippen molar-refractivity contribution in [1.82, 2.24) is 9.71 Å². The van der Waals surface area contributed by atoms with Crippen molar-refractivity contribution in [3.8, 4) is 11.1 Å². The van der Waals surface area contributed by atoms with Crippen LogP contribution in [0, 0.1) is 10.1 Å². The Bertz CT molecular complexity index is 1880. The third kappa shape index (κ3) is 6.51. The van der Waals surface area contributed by atoms with Crippen LogP contribution in [0.2, 0.25) is 0 Å². The van der Waals surface area contributed by atoms with Crippen LogP contribution in [0.4, 0.5) is 17.2 Å². The number of thioether (sulfide) groups is 1. The van der Waals surface area contributed by atoms with E-state index in [-0.39, 0.29) is 11.3 Å². The van der Waals surface area contributed by atoms with Gasteiger partial charge in [-0.2, -0.15) is 0 Å². The maximum absolute atomic E-state index is 13.0. The van der Waals surface area contributed by atoms with E-state index in [2.05, 4.69) is 10.3 Å². The van der Waals surface area contributed by atoms with Crippen molar-refractivity contribution in [2.75, 3.05) is 23.3 Å². The SMILES string of the molecule is Nc1ccc2cccc(-c3ccc(C(=O)NS(=O)(=O)c4ccc(NCCSc5ccccc5)c([N+](=O)[O-])c4)cc3)c2n1. The number of aromatic nitrogens is 1. The first-order valence-electron chi connectivity index (χ1n) is 12.7. The lowest BCUT2D eigenvalue weighted by Gasteiger charge is -2.11. The van der Waals surface area contributed by atoms with Crippen LogP contribution in [0.3, 0.4) is 0 Å². The molecule has 0 unspecified atom stereocenters. The number of nitrogens with two attached hydrogens (primary N) is 1. The van der Waals surface area contributed by atoms with Crippen LogP contribution in [0.25, 0.3) is 22.0 Å². The summed E-state index contributed by atoms with van der Waals surface area (Å²) in [5.74, 6) is 0.146. The van der Waals surface area contributed by atoms with Gasteiger partial charge >= 0.3 is 0 Å². The summed E-state index contributed by atoms with van der Waals surface area (Å²) in [6.07, 6.45) is 0. The molecule has 212 valence electrons. The van der Waals surface area contributed by atoms with Crippen LogP contribution in [0.15, 0.2) is 113 Å². The van der Waals surface area contributed by atoms with Crippen molar-refractivity contribution in [3.63, 3.8) is 0 Å². The number of para-hydroxylation sites is 1. The number of hydrogen-bond acceptors (Lipinski definition) is 9. The summed E-state index contributed by atoms with van der Waals surface area (Å²) in [5.41, 5.74) is 7.99. The van der Waals surface area contributed by atoms with Crippen LogP contribution in [-0.4, -0.2) is 36.5 Å². The summed E-state index contributed by atoms with van der Waals surface area (Å²) in [6, 6.07) is 28.8. The largest absolute Gasteiger partial charge is 0.384 e.